The number of piperazine rings is 1. The van der Waals surface area contributed by atoms with E-state index in [0.717, 1.165) is 52.2 Å². The van der Waals surface area contributed by atoms with Crippen LogP contribution in [-0.4, -0.2) is 50.7 Å². The van der Waals surface area contributed by atoms with Crippen LogP contribution in [0.5, 0.6) is 0 Å². The minimum Gasteiger partial charge on any atom is -0.314 e. The first-order valence-electron chi connectivity index (χ1n) is 9.70. The summed E-state index contributed by atoms with van der Waals surface area (Å²) in [5, 5.41) is 8.93. The average Bonchev–Trinajstić information content (AvgIpc) is 2.85. The van der Waals surface area contributed by atoms with E-state index in [-0.39, 0.29) is 0 Å². The molecule has 0 spiro atoms. The van der Waals surface area contributed by atoms with E-state index in [9.17, 15) is 0 Å². The number of aryl methyl sites for hydroxylation is 2. The highest BCUT2D eigenvalue weighted by molar-refractivity contribution is 5.25. The Hall–Kier alpha value is -1.72. The van der Waals surface area contributed by atoms with Gasteiger partial charge >= 0.3 is 0 Å². The van der Waals surface area contributed by atoms with Crippen molar-refractivity contribution in [2.45, 2.75) is 52.2 Å². The molecule has 2 aliphatic heterocycles. The number of fused-ring (bicyclic) bond motifs is 1. The number of hydrogen-bond acceptors (Lipinski definition) is 4. The standard InChI is InChI=1S/C20H29N5/c1-17-7-4-5-8-18(17)15-23-11-13-24(14-12-23)16-20-22-21-19-9-3-2-6-10-25(19)20/h4-5,7-8H,2-3,6,9-16H2,1H3. The Morgan fingerprint density at radius 1 is 0.840 bits per heavy atom. The summed E-state index contributed by atoms with van der Waals surface area (Å²) in [6.45, 7) is 9.84. The van der Waals surface area contributed by atoms with Crippen LogP contribution in [0.15, 0.2) is 24.3 Å². The molecule has 3 heterocycles. The van der Waals surface area contributed by atoms with Gasteiger partial charge in [-0.25, -0.2) is 0 Å². The molecular formula is C20H29N5. The fraction of sp³-hybridized carbons (Fsp3) is 0.600. The number of nitrogens with zero attached hydrogens (tertiary/aromatic N) is 5. The van der Waals surface area contributed by atoms with Gasteiger partial charge in [-0.1, -0.05) is 30.7 Å². The smallest absolute Gasteiger partial charge is 0.147 e. The zero-order chi connectivity index (χ0) is 17.1. The van der Waals surface area contributed by atoms with Gasteiger partial charge in [0.1, 0.15) is 11.6 Å². The molecule has 0 bridgehead atoms. The van der Waals surface area contributed by atoms with Gasteiger partial charge in [-0.2, -0.15) is 0 Å². The number of benzene rings is 1. The summed E-state index contributed by atoms with van der Waals surface area (Å²) < 4.78 is 2.38. The third kappa shape index (κ3) is 3.93. The highest BCUT2D eigenvalue weighted by Crippen LogP contribution is 2.17. The van der Waals surface area contributed by atoms with Gasteiger partial charge in [0.2, 0.25) is 0 Å². The van der Waals surface area contributed by atoms with Crippen molar-refractivity contribution in [3.8, 4) is 0 Å². The van der Waals surface area contributed by atoms with E-state index in [1.54, 1.807) is 0 Å². The lowest BCUT2D eigenvalue weighted by atomic mass is 10.1. The van der Waals surface area contributed by atoms with Crippen LogP contribution in [0, 0.1) is 6.92 Å². The molecule has 0 atom stereocenters. The Labute approximate surface area is 150 Å². The largest absolute Gasteiger partial charge is 0.314 e. The van der Waals surface area contributed by atoms with Crippen LogP contribution >= 0.6 is 0 Å². The lowest BCUT2D eigenvalue weighted by molar-refractivity contribution is 0.118. The van der Waals surface area contributed by atoms with Crippen LogP contribution in [0.1, 0.15) is 42.0 Å². The van der Waals surface area contributed by atoms with Gasteiger partial charge in [0.25, 0.3) is 0 Å². The maximum Gasteiger partial charge on any atom is 0.147 e. The molecule has 1 aromatic carbocycles. The average molecular weight is 339 g/mol. The molecule has 1 fully saturated rings. The van der Waals surface area contributed by atoms with Crippen molar-refractivity contribution in [3.05, 3.63) is 47.0 Å². The van der Waals surface area contributed by atoms with Crippen molar-refractivity contribution in [2.24, 2.45) is 0 Å². The molecule has 134 valence electrons. The van der Waals surface area contributed by atoms with Crippen molar-refractivity contribution >= 4 is 0 Å². The highest BCUT2D eigenvalue weighted by Gasteiger charge is 2.21. The Bertz CT molecular complexity index is 700. The zero-order valence-corrected chi connectivity index (χ0v) is 15.3. The predicted octanol–water partition coefficient (Wildman–Crippen LogP) is 2.63. The van der Waals surface area contributed by atoms with Gasteiger partial charge in [0.05, 0.1) is 6.54 Å². The quantitative estimate of drug-likeness (QED) is 0.858. The number of rotatable bonds is 4. The van der Waals surface area contributed by atoms with Gasteiger partial charge in [-0.3, -0.25) is 9.80 Å². The van der Waals surface area contributed by atoms with Gasteiger partial charge in [0, 0.05) is 45.7 Å². The summed E-state index contributed by atoms with van der Waals surface area (Å²) in [4.78, 5) is 5.11. The molecule has 2 aliphatic rings. The summed E-state index contributed by atoms with van der Waals surface area (Å²) in [5.41, 5.74) is 2.86. The Morgan fingerprint density at radius 3 is 2.40 bits per heavy atom. The van der Waals surface area contributed by atoms with Crippen LogP contribution in [0.3, 0.4) is 0 Å². The number of hydrogen-bond donors (Lipinski definition) is 0. The first-order chi connectivity index (χ1) is 12.3. The van der Waals surface area contributed by atoms with E-state index in [0.29, 0.717) is 0 Å². The second-order valence-electron chi connectivity index (χ2n) is 7.47. The van der Waals surface area contributed by atoms with E-state index in [4.69, 9.17) is 0 Å². The predicted molar refractivity (Wildman–Crippen MR) is 99.3 cm³/mol. The molecule has 25 heavy (non-hydrogen) atoms. The lowest BCUT2D eigenvalue weighted by Gasteiger charge is -2.34. The first kappa shape index (κ1) is 16.7. The fourth-order valence-corrected chi connectivity index (χ4v) is 4.00. The first-order valence-corrected chi connectivity index (χ1v) is 9.70. The SMILES string of the molecule is Cc1ccccc1CN1CCN(Cc2nnc3n2CCCCC3)CC1. The van der Waals surface area contributed by atoms with Gasteiger partial charge in [0.15, 0.2) is 0 Å². The summed E-state index contributed by atoms with van der Waals surface area (Å²) >= 11 is 0. The van der Waals surface area contributed by atoms with E-state index < -0.39 is 0 Å². The lowest BCUT2D eigenvalue weighted by Crippen LogP contribution is -2.45. The second-order valence-corrected chi connectivity index (χ2v) is 7.47. The maximum absolute atomic E-state index is 4.49. The van der Waals surface area contributed by atoms with Crippen molar-refractivity contribution in [2.75, 3.05) is 26.2 Å². The van der Waals surface area contributed by atoms with E-state index in [1.165, 1.54) is 42.0 Å². The highest BCUT2D eigenvalue weighted by atomic mass is 15.3. The van der Waals surface area contributed by atoms with Crippen LogP contribution in [0.25, 0.3) is 0 Å². The Morgan fingerprint density at radius 2 is 1.60 bits per heavy atom. The summed E-state index contributed by atoms with van der Waals surface area (Å²) in [5.74, 6) is 2.37. The van der Waals surface area contributed by atoms with E-state index in [1.807, 2.05) is 0 Å². The molecule has 2 aromatic rings. The molecule has 5 nitrogen and oxygen atoms in total. The minimum atomic E-state index is 0.950. The van der Waals surface area contributed by atoms with Crippen LogP contribution < -0.4 is 0 Å². The van der Waals surface area contributed by atoms with Crippen LogP contribution in [-0.2, 0) is 26.1 Å². The molecule has 1 aromatic heterocycles. The van der Waals surface area contributed by atoms with Gasteiger partial charge in [-0.15, -0.1) is 10.2 Å². The summed E-state index contributed by atoms with van der Waals surface area (Å²) in [6.07, 6.45) is 4.94. The fourth-order valence-electron chi connectivity index (χ4n) is 4.00. The molecule has 0 saturated carbocycles. The van der Waals surface area contributed by atoms with Gasteiger partial charge in [-0.05, 0) is 30.9 Å². The molecule has 0 radical (unpaired) electrons. The molecule has 0 N–H and O–H groups in total. The summed E-state index contributed by atoms with van der Waals surface area (Å²) in [7, 11) is 0. The van der Waals surface area contributed by atoms with Crippen molar-refractivity contribution < 1.29 is 0 Å². The van der Waals surface area contributed by atoms with Crippen LogP contribution in [0.4, 0.5) is 0 Å². The topological polar surface area (TPSA) is 37.2 Å². The molecule has 0 aliphatic carbocycles. The number of aromatic nitrogens is 3. The van der Waals surface area contributed by atoms with E-state index >= 15 is 0 Å². The normalized spacial score (nSPS) is 19.6. The molecule has 1 saturated heterocycles. The van der Waals surface area contributed by atoms with E-state index in [2.05, 4.69) is 55.8 Å². The molecule has 4 rings (SSSR count). The third-order valence-electron chi connectivity index (χ3n) is 5.67. The van der Waals surface area contributed by atoms with Crippen molar-refractivity contribution in [1.29, 1.82) is 0 Å². The molecule has 0 amide bonds. The zero-order valence-electron chi connectivity index (χ0n) is 15.3. The second kappa shape index (κ2) is 7.67. The van der Waals surface area contributed by atoms with Crippen LogP contribution in [0.2, 0.25) is 0 Å². The summed E-state index contributed by atoms with van der Waals surface area (Å²) in [6, 6.07) is 8.74. The minimum absolute atomic E-state index is 0.950. The Balaban J connectivity index is 1.32. The molecule has 5 heteroatoms. The monoisotopic (exact) mass is 339 g/mol. The van der Waals surface area contributed by atoms with Crippen molar-refractivity contribution in [3.63, 3.8) is 0 Å². The third-order valence-corrected chi connectivity index (χ3v) is 5.67. The maximum atomic E-state index is 4.49. The van der Waals surface area contributed by atoms with Crippen molar-refractivity contribution in [1.82, 2.24) is 24.6 Å². The Kier molecular flexibility index (Phi) is 5.13. The molecule has 0 unspecified atom stereocenters. The van der Waals surface area contributed by atoms with Gasteiger partial charge < -0.3 is 4.57 Å². The molecular weight excluding hydrogens is 310 g/mol.